The van der Waals surface area contributed by atoms with Crippen molar-refractivity contribution in [3.63, 3.8) is 0 Å². The van der Waals surface area contributed by atoms with Crippen molar-refractivity contribution < 1.29 is 18.9 Å². The topological polar surface area (TPSA) is 70.8 Å². The second-order valence-electron chi connectivity index (χ2n) is 7.69. The fourth-order valence-corrected chi connectivity index (χ4v) is 4.15. The minimum Gasteiger partial charge on any atom is -0.459 e. The fraction of sp³-hybridized carbons (Fsp3) is 0.364. The maximum Gasteiger partial charge on any atom is 0.289 e. The molecule has 4 rings (SSSR count). The highest BCUT2D eigenvalue weighted by molar-refractivity contribution is 6.11. The van der Waals surface area contributed by atoms with Crippen LogP contribution in [0.4, 0.5) is 0 Å². The van der Waals surface area contributed by atoms with Crippen LogP contribution in [0.2, 0.25) is 0 Å². The van der Waals surface area contributed by atoms with Gasteiger partial charge in [0.2, 0.25) is 5.78 Å². The minimum atomic E-state index is -0.153. The number of hydrogen-bond acceptors (Lipinski definition) is 3. The number of aryl methyl sites for hydroxylation is 2. The zero-order valence-corrected chi connectivity index (χ0v) is 16.5. The molecule has 0 spiro atoms. The normalized spacial score (nSPS) is 16.5. The van der Waals surface area contributed by atoms with Crippen molar-refractivity contribution >= 4 is 22.6 Å². The predicted octanol–water partition coefficient (Wildman–Crippen LogP) is 1.99. The molecule has 3 aromatic rings. The Balaban J connectivity index is 1.47. The molecule has 1 aliphatic rings. The lowest BCUT2D eigenvalue weighted by Gasteiger charge is -2.34. The van der Waals surface area contributed by atoms with Gasteiger partial charge in [-0.15, -0.1) is 0 Å². The summed E-state index contributed by atoms with van der Waals surface area (Å²) in [6.45, 7) is 8.75. The molecule has 6 heteroatoms. The molecule has 2 aromatic heterocycles. The number of Topliss-reactive ketones (excluding diaryl/α,β-unsaturated/α-hetero) is 1. The van der Waals surface area contributed by atoms with Crippen molar-refractivity contribution in [2.75, 3.05) is 26.2 Å². The van der Waals surface area contributed by atoms with Gasteiger partial charge in [0.25, 0.3) is 5.91 Å². The summed E-state index contributed by atoms with van der Waals surface area (Å²) in [7, 11) is 0. The Kier molecular flexibility index (Phi) is 4.81. The number of aromatic amines is 1. The molecule has 1 saturated heterocycles. The first-order chi connectivity index (χ1) is 13.5. The zero-order chi connectivity index (χ0) is 19.8. The van der Waals surface area contributed by atoms with E-state index in [1.165, 1.54) is 16.7 Å². The average molecular weight is 380 g/mol. The SMILES string of the molecule is Cc1ccc2c(C(=O)[C@@H](C)[NH+]3CCN(C(=O)c4ccco4)CC3)c(C)[nH]c2c1. The van der Waals surface area contributed by atoms with E-state index in [2.05, 4.69) is 11.1 Å². The number of nitrogens with zero attached hydrogens (tertiary/aromatic N) is 1. The van der Waals surface area contributed by atoms with E-state index in [0.29, 0.717) is 18.8 Å². The monoisotopic (exact) mass is 380 g/mol. The zero-order valence-electron chi connectivity index (χ0n) is 16.5. The molecule has 1 aliphatic heterocycles. The maximum absolute atomic E-state index is 13.3. The number of quaternary nitrogens is 1. The number of carbonyl (C=O) groups is 2. The molecule has 146 valence electrons. The van der Waals surface area contributed by atoms with Crippen molar-refractivity contribution in [2.24, 2.45) is 0 Å². The molecule has 1 amide bonds. The Morgan fingerprint density at radius 3 is 2.61 bits per heavy atom. The first-order valence-electron chi connectivity index (χ1n) is 9.76. The van der Waals surface area contributed by atoms with E-state index in [-0.39, 0.29) is 17.7 Å². The number of piperazine rings is 1. The molecular formula is C22H26N3O3+. The first-order valence-corrected chi connectivity index (χ1v) is 9.76. The third-order valence-corrected chi connectivity index (χ3v) is 5.82. The highest BCUT2D eigenvalue weighted by Gasteiger charge is 2.33. The second kappa shape index (κ2) is 7.28. The highest BCUT2D eigenvalue weighted by atomic mass is 16.3. The van der Waals surface area contributed by atoms with E-state index >= 15 is 0 Å². The van der Waals surface area contributed by atoms with Crippen LogP contribution in [0.25, 0.3) is 10.9 Å². The van der Waals surface area contributed by atoms with Crippen LogP contribution in [0, 0.1) is 13.8 Å². The van der Waals surface area contributed by atoms with Crippen LogP contribution in [-0.4, -0.2) is 53.8 Å². The quantitative estimate of drug-likeness (QED) is 0.680. The van der Waals surface area contributed by atoms with Crippen LogP contribution in [0.1, 0.15) is 39.1 Å². The molecule has 1 fully saturated rings. The molecule has 0 radical (unpaired) electrons. The summed E-state index contributed by atoms with van der Waals surface area (Å²) in [4.78, 5) is 32.1. The van der Waals surface area contributed by atoms with Crippen molar-refractivity contribution in [1.29, 1.82) is 0 Å². The standard InChI is InChI=1S/C22H25N3O3/c1-14-6-7-17-18(13-14)23-15(2)20(17)21(26)16(3)24-8-10-25(11-9-24)22(27)19-5-4-12-28-19/h4-7,12-13,16,23H,8-11H2,1-3H3/p+1/t16-/m1/s1. The number of rotatable bonds is 4. The van der Waals surface area contributed by atoms with Crippen molar-refractivity contribution in [1.82, 2.24) is 9.88 Å². The van der Waals surface area contributed by atoms with Gasteiger partial charge in [0.15, 0.2) is 5.76 Å². The van der Waals surface area contributed by atoms with E-state index in [4.69, 9.17) is 4.42 Å². The van der Waals surface area contributed by atoms with Gasteiger partial charge in [0.05, 0.1) is 38.0 Å². The van der Waals surface area contributed by atoms with Crippen LogP contribution >= 0.6 is 0 Å². The number of benzene rings is 1. The third kappa shape index (κ3) is 3.24. The number of ketones is 1. The molecule has 0 bridgehead atoms. The smallest absolute Gasteiger partial charge is 0.289 e. The minimum absolute atomic E-state index is 0.0779. The predicted molar refractivity (Wildman–Crippen MR) is 107 cm³/mol. The molecule has 0 aliphatic carbocycles. The number of aromatic nitrogens is 1. The van der Waals surface area contributed by atoms with Crippen molar-refractivity contribution in [2.45, 2.75) is 26.8 Å². The van der Waals surface area contributed by atoms with Crippen LogP contribution < -0.4 is 4.90 Å². The van der Waals surface area contributed by atoms with E-state index in [0.717, 1.165) is 35.2 Å². The van der Waals surface area contributed by atoms with Crippen LogP contribution in [0.3, 0.4) is 0 Å². The number of furan rings is 1. The third-order valence-electron chi connectivity index (χ3n) is 5.82. The molecule has 28 heavy (non-hydrogen) atoms. The van der Waals surface area contributed by atoms with Crippen LogP contribution in [-0.2, 0) is 0 Å². The van der Waals surface area contributed by atoms with Gasteiger partial charge < -0.3 is 19.2 Å². The lowest BCUT2D eigenvalue weighted by atomic mass is 10.00. The second-order valence-corrected chi connectivity index (χ2v) is 7.69. The number of nitrogens with one attached hydrogen (secondary N) is 2. The first kappa shape index (κ1) is 18.5. The Morgan fingerprint density at radius 2 is 1.93 bits per heavy atom. The fourth-order valence-electron chi connectivity index (χ4n) is 4.15. The molecule has 1 aromatic carbocycles. The summed E-state index contributed by atoms with van der Waals surface area (Å²) >= 11 is 0. The highest BCUT2D eigenvalue weighted by Crippen LogP contribution is 2.24. The van der Waals surface area contributed by atoms with E-state index in [1.807, 2.05) is 32.9 Å². The van der Waals surface area contributed by atoms with Gasteiger partial charge in [-0.2, -0.15) is 0 Å². The van der Waals surface area contributed by atoms with Gasteiger partial charge >= 0.3 is 0 Å². The molecule has 2 N–H and O–H groups in total. The summed E-state index contributed by atoms with van der Waals surface area (Å²) in [5, 5.41) is 0.992. The lowest BCUT2D eigenvalue weighted by molar-refractivity contribution is -0.917. The summed E-state index contributed by atoms with van der Waals surface area (Å²) < 4.78 is 5.22. The van der Waals surface area contributed by atoms with E-state index in [1.54, 1.807) is 17.0 Å². The Morgan fingerprint density at radius 1 is 1.18 bits per heavy atom. The number of carbonyl (C=O) groups excluding carboxylic acids is 2. The van der Waals surface area contributed by atoms with Gasteiger partial charge in [-0.05, 0) is 44.5 Å². The molecule has 0 saturated carbocycles. The lowest BCUT2D eigenvalue weighted by Crippen LogP contribution is -3.18. The number of fused-ring (bicyclic) bond motifs is 1. The Bertz CT molecular complexity index is 1010. The summed E-state index contributed by atoms with van der Waals surface area (Å²) in [5.41, 5.74) is 3.90. The summed E-state index contributed by atoms with van der Waals surface area (Å²) in [5.74, 6) is 0.455. The summed E-state index contributed by atoms with van der Waals surface area (Å²) in [6, 6.07) is 9.41. The number of amides is 1. The van der Waals surface area contributed by atoms with Crippen LogP contribution in [0.5, 0.6) is 0 Å². The largest absolute Gasteiger partial charge is 0.459 e. The summed E-state index contributed by atoms with van der Waals surface area (Å²) in [6.07, 6.45) is 1.51. The molecule has 6 nitrogen and oxygen atoms in total. The van der Waals surface area contributed by atoms with E-state index < -0.39 is 0 Å². The van der Waals surface area contributed by atoms with Gasteiger partial charge in [-0.3, -0.25) is 9.59 Å². The van der Waals surface area contributed by atoms with Gasteiger partial charge in [-0.25, -0.2) is 0 Å². The average Bonchev–Trinajstić information content (AvgIpc) is 3.33. The van der Waals surface area contributed by atoms with Gasteiger partial charge in [0.1, 0.15) is 6.04 Å². The Labute approximate surface area is 164 Å². The maximum atomic E-state index is 13.3. The van der Waals surface area contributed by atoms with Crippen LogP contribution in [0.15, 0.2) is 41.0 Å². The van der Waals surface area contributed by atoms with Crippen molar-refractivity contribution in [3.8, 4) is 0 Å². The number of hydrogen-bond donors (Lipinski definition) is 2. The molecule has 1 atom stereocenters. The van der Waals surface area contributed by atoms with E-state index in [9.17, 15) is 9.59 Å². The molecular weight excluding hydrogens is 354 g/mol. The molecule has 3 heterocycles. The number of H-pyrrole nitrogens is 1. The van der Waals surface area contributed by atoms with Crippen molar-refractivity contribution in [3.05, 3.63) is 59.2 Å². The Hall–Kier alpha value is -2.86. The van der Waals surface area contributed by atoms with Gasteiger partial charge in [-0.1, -0.05) is 12.1 Å². The molecule has 0 unspecified atom stereocenters. The van der Waals surface area contributed by atoms with Gasteiger partial charge in [0, 0.05) is 16.6 Å².